The molecule has 4 nitrogen and oxygen atoms in total. The minimum atomic E-state index is -0.427. The Morgan fingerprint density at radius 3 is 3.00 bits per heavy atom. The lowest BCUT2D eigenvalue weighted by Gasteiger charge is -2.03. The summed E-state index contributed by atoms with van der Waals surface area (Å²) in [6, 6.07) is 3.41. The monoisotopic (exact) mass is 293 g/mol. The van der Waals surface area contributed by atoms with Crippen molar-refractivity contribution in [2.24, 2.45) is 0 Å². The van der Waals surface area contributed by atoms with Crippen LogP contribution in [0.25, 0.3) is 0 Å². The number of hydrogen-bond acceptors (Lipinski definition) is 3. The molecule has 0 aromatic carbocycles. The zero-order valence-electron chi connectivity index (χ0n) is 6.99. The molecule has 0 saturated heterocycles. The van der Waals surface area contributed by atoms with E-state index in [4.69, 9.17) is 0 Å². The third-order valence-corrected chi connectivity index (χ3v) is 2.32. The summed E-state index contributed by atoms with van der Waals surface area (Å²) in [5, 5.41) is 0. The number of esters is 1. The van der Waals surface area contributed by atoms with Gasteiger partial charge in [0.1, 0.15) is 6.54 Å². The van der Waals surface area contributed by atoms with E-state index in [0.717, 1.165) is 0 Å². The maximum absolute atomic E-state index is 11.4. The number of hydrogen-bond donors (Lipinski definition) is 0. The molecule has 0 aliphatic carbocycles. The lowest BCUT2D eigenvalue weighted by atomic mass is 10.4. The first kappa shape index (κ1) is 10.2. The van der Waals surface area contributed by atoms with Crippen molar-refractivity contribution < 1.29 is 9.53 Å². The minimum Gasteiger partial charge on any atom is -0.468 e. The number of rotatable bonds is 2. The highest BCUT2D eigenvalue weighted by Crippen LogP contribution is 1.95. The molecule has 13 heavy (non-hydrogen) atoms. The van der Waals surface area contributed by atoms with Crippen LogP contribution in [0, 0.1) is 3.57 Å². The molecule has 0 spiro atoms. The number of carbonyl (C=O) groups is 1. The van der Waals surface area contributed by atoms with E-state index in [0.29, 0.717) is 3.57 Å². The first-order chi connectivity index (χ1) is 6.15. The van der Waals surface area contributed by atoms with Gasteiger partial charge in [0.2, 0.25) is 0 Å². The lowest BCUT2D eigenvalue weighted by Crippen LogP contribution is -2.25. The third kappa shape index (κ3) is 2.55. The number of carbonyl (C=O) groups excluding carboxylic acids is 1. The first-order valence-corrected chi connectivity index (χ1v) is 4.65. The van der Waals surface area contributed by atoms with Gasteiger partial charge in [0.25, 0.3) is 5.56 Å². The van der Waals surface area contributed by atoms with Crippen molar-refractivity contribution in [3.05, 3.63) is 32.3 Å². The smallest absolute Gasteiger partial charge is 0.325 e. The van der Waals surface area contributed by atoms with Gasteiger partial charge in [-0.25, -0.2) is 0 Å². The molecule has 0 atom stereocenters. The maximum atomic E-state index is 11.4. The number of aromatic nitrogens is 1. The van der Waals surface area contributed by atoms with Crippen molar-refractivity contribution in [2.75, 3.05) is 7.11 Å². The fourth-order valence-corrected chi connectivity index (χ4v) is 1.35. The van der Waals surface area contributed by atoms with Crippen molar-refractivity contribution in [3.8, 4) is 0 Å². The molecular formula is C8H8INO3. The van der Waals surface area contributed by atoms with Crippen LogP contribution in [0.1, 0.15) is 0 Å². The number of methoxy groups -OCH3 is 1. The van der Waals surface area contributed by atoms with Gasteiger partial charge in [-0.1, -0.05) is 0 Å². The molecule has 0 aliphatic heterocycles. The predicted octanol–water partition coefficient (Wildman–Crippen LogP) is 0.626. The van der Waals surface area contributed by atoms with E-state index in [1.165, 1.54) is 11.7 Å². The van der Waals surface area contributed by atoms with Crippen LogP contribution in [0.2, 0.25) is 0 Å². The zero-order chi connectivity index (χ0) is 9.84. The Morgan fingerprint density at radius 2 is 2.38 bits per heavy atom. The van der Waals surface area contributed by atoms with E-state index >= 15 is 0 Å². The lowest BCUT2D eigenvalue weighted by molar-refractivity contribution is -0.141. The van der Waals surface area contributed by atoms with Crippen molar-refractivity contribution in [2.45, 2.75) is 6.54 Å². The molecule has 0 unspecified atom stereocenters. The van der Waals surface area contributed by atoms with Gasteiger partial charge in [-0.3, -0.25) is 9.59 Å². The second-order valence-corrected chi connectivity index (χ2v) is 3.53. The van der Waals surface area contributed by atoms with Gasteiger partial charge < -0.3 is 9.30 Å². The Morgan fingerprint density at radius 1 is 1.69 bits per heavy atom. The highest BCUT2D eigenvalue weighted by atomic mass is 127. The van der Waals surface area contributed by atoms with Gasteiger partial charge in [0, 0.05) is 6.20 Å². The Hall–Kier alpha value is -0.850. The predicted molar refractivity (Wildman–Crippen MR) is 55.4 cm³/mol. The Labute approximate surface area is 88.7 Å². The summed E-state index contributed by atoms with van der Waals surface area (Å²) >= 11 is 1.92. The molecule has 0 amide bonds. The molecule has 1 rings (SSSR count). The van der Waals surface area contributed by atoms with E-state index < -0.39 is 5.97 Å². The highest BCUT2D eigenvalue weighted by molar-refractivity contribution is 14.1. The summed E-state index contributed by atoms with van der Waals surface area (Å²) in [7, 11) is 1.29. The van der Waals surface area contributed by atoms with Gasteiger partial charge in [0.15, 0.2) is 0 Å². The molecule has 0 bridgehead atoms. The van der Waals surface area contributed by atoms with Crippen molar-refractivity contribution >= 4 is 28.6 Å². The summed E-state index contributed by atoms with van der Waals surface area (Å²) in [5.74, 6) is -0.427. The molecule has 0 aliphatic rings. The van der Waals surface area contributed by atoms with Gasteiger partial charge in [-0.2, -0.15) is 0 Å². The normalized spacial score (nSPS) is 9.69. The van der Waals surface area contributed by atoms with Crippen molar-refractivity contribution in [1.82, 2.24) is 4.57 Å². The average Bonchev–Trinajstić information content (AvgIpc) is 2.13. The summed E-state index contributed by atoms with van der Waals surface area (Å²) in [4.78, 5) is 22.2. The molecule has 70 valence electrons. The van der Waals surface area contributed by atoms with Gasteiger partial charge in [0.05, 0.1) is 10.7 Å². The minimum absolute atomic E-state index is 0.0355. The van der Waals surface area contributed by atoms with Crippen LogP contribution in [0.15, 0.2) is 23.1 Å². The second kappa shape index (κ2) is 4.40. The summed E-state index contributed by atoms with van der Waals surface area (Å²) < 4.78 is 6.35. The van der Waals surface area contributed by atoms with Crippen LogP contribution >= 0.6 is 22.6 Å². The number of nitrogens with zero attached hydrogens (tertiary/aromatic N) is 1. The van der Waals surface area contributed by atoms with Crippen LogP contribution in [0.5, 0.6) is 0 Å². The van der Waals surface area contributed by atoms with E-state index in [9.17, 15) is 9.59 Å². The third-order valence-electron chi connectivity index (χ3n) is 1.50. The average molecular weight is 293 g/mol. The molecule has 1 aromatic heterocycles. The molecule has 1 aromatic rings. The van der Waals surface area contributed by atoms with Crippen LogP contribution in [-0.2, 0) is 16.1 Å². The Bertz CT molecular complexity index is 372. The van der Waals surface area contributed by atoms with Crippen LogP contribution in [0.3, 0.4) is 0 Å². The quantitative estimate of drug-likeness (QED) is 0.593. The van der Waals surface area contributed by atoms with E-state index in [1.807, 2.05) is 22.6 Å². The van der Waals surface area contributed by atoms with Crippen LogP contribution in [0.4, 0.5) is 0 Å². The summed E-state index contributed by atoms with van der Waals surface area (Å²) in [6.07, 6.45) is 1.56. The maximum Gasteiger partial charge on any atom is 0.325 e. The fourth-order valence-electron chi connectivity index (χ4n) is 0.836. The number of ether oxygens (including phenoxy) is 1. The molecule has 0 fully saturated rings. The molecule has 0 saturated carbocycles. The van der Waals surface area contributed by atoms with Crippen LogP contribution < -0.4 is 5.56 Å². The Kier molecular flexibility index (Phi) is 3.47. The van der Waals surface area contributed by atoms with Crippen LogP contribution in [-0.4, -0.2) is 17.6 Å². The van der Waals surface area contributed by atoms with Crippen molar-refractivity contribution in [3.63, 3.8) is 0 Å². The summed E-state index contributed by atoms with van der Waals surface area (Å²) in [6.45, 7) is -0.0355. The van der Waals surface area contributed by atoms with Gasteiger partial charge in [-0.05, 0) is 34.7 Å². The van der Waals surface area contributed by atoms with Gasteiger partial charge in [-0.15, -0.1) is 0 Å². The highest BCUT2D eigenvalue weighted by Gasteiger charge is 2.04. The van der Waals surface area contributed by atoms with E-state index in [2.05, 4.69) is 4.74 Å². The van der Waals surface area contributed by atoms with E-state index in [1.54, 1.807) is 18.3 Å². The van der Waals surface area contributed by atoms with Crippen molar-refractivity contribution in [1.29, 1.82) is 0 Å². The molecular weight excluding hydrogens is 285 g/mol. The van der Waals surface area contributed by atoms with Gasteiger partial charge >= 0.3 is 5.97 Å². The first-order valence-electron chi connectivity index (χ1n) is 3.57. The standard InChI is InChI=1S/C8H8INO3/c1-13-7(11)5-10-4-2-3-6(9)8(10)12/h2-4H,5H2,1H3. The number of pyridine rings is 1. The fraction of sp³-hybridized carbons (Fsp3) is 0.250. The largest absolute Gasteiger partial charge is 0.468 e. The molecule has 0 radical (unpaired) electrons. The summed E-state index contributed by atoms with van der Waals surface area (Å²) in [5.41, 5.74) is -0.173. The van der Waals surface area contributed by atoms with E-state index in [-0.39, 0.29) is 12.1 Å². The topological polar surface area (TPSA) is 48.3 Å². The second-order valence-electron chi connectivity index (χ2n) is 2.37. The Balaban J connectivity index is 2.96. The molecule has 1 heterocycles. The zero-order valence-corrected chi connectivity index (χ0v) is 9.15. The molecule has 5 heteroatoms. The number of halogens is 1. The molecule has 0 N–H and O–H groups in total. The SMILES string of the molecule is COC(=O)Cn1cccc(I)c1=O.